The van der Waals surface area contributed by atoms with Crippen molar-refractivity contribution in [3.63, 3.8) is 0 Å². The normalized spacial score (nSPS) is 12.0. The Hall–Kier alpha value is -1.10. The highest BCUT2D eigenvalue weighted by Gasteiger charge is 1.90. The number of azo groups is 1. The molecule has 0 spiro atoms. The monoisotopic (exact) mass is 381 g/mol. The Morgan fingerprint density at radius 3 is 1.58 bits per heavy atom. The van der Waals surface area contributed by atoms with Crippen molar-refractivity contribution in [3.05, 3.63) is 18.0 Å². The minimum atomic E-state index is -2.14. The molecule has 1 aromatic rings. The summed E-state index contributed by atoms with van der Waals surface area (Å²) in [7, 11) is -3.78. The number of nitrogens with zero attached hydrogens (tertiary/aromatic N) is 4. The lowest BCUT2D eigenvalue weighted by atomic mass is 10.5. The van der Waals surface area contributed by atoms with E-state index in [0.717, 1.165) is 11.5 Å². The van der Waals surface area contributed by atoms with Crippen LogP contribution in [0, 0.1) is 6.92 Å². The second kappa shape index (κ2) is 15.4. The van der Waals surface area contributed by atoms with Crippen LogP contribution in [-0.2, 0) is 9.13 Å². The van der Waals surface area contributed by atoms with Gasteiger partial charge in [0.25, 0.3) is 0 Å². The van der Waals surface area contributed by atoms with Gasteiger partial charge >= 0.3 is 0 Å². The summed E-state index contributed by atoms with van der Waals surface area (Å²) in [4.78, 5) is 3.82. The smallest absolute Gasteiger partial charge is 0.152 e. The first-order valence-corrected chi connectivity index (χ1v) is 13.1. The van der Waals surface area contributed by atoms with Crippen LogP contribution in [0.5, 0.6) is 0 Å². The van der Waals surface area contributed by atoms with E-state index in [-0.39, 0.29) is 0 Å². The van der Waals surface area contributed by atoms with Gasteiger partial charge in [-0.25, -0.2) is 4.99 Å². The van der Waals surface area contributed by atoms with Crippen molar-refractivity contribution < 1.29 is 13.7 Å². The molecule has 2 heterocycles. The van der Waals surface area contributed by atoms with Crippen molar-refractivity contribution in [3.8, 4) is 0 Å². The quantitative estimate of drug-likeness (QED) is 0.660. The minimum absolute atomic E-state index is 0.534. The maximum atomic E-state index is 10.2. The zero-order chi connectivity index (χ0) is 19.8. The van der Waals surface area contributed by atoms with Crippen LogP contribution in [0.4, 0.5) is 0 Å². The molecule has 1 aliphatic rings. The Kier molecular flexibility index (Phi) is 17.8. The van der Waals surface area contributed by atoms with Crippen LogP contribution in [0.1, 0.15) is 26.5 Å². The van der Waals surface area contributed by atoms with Crippen molar-refractivity contribution >= 4 is 20.3 Å². The van der Waals surface area contributed by atoms with E-state index in [1.807, 2.05) is 27.7 Å². The Morgan fingerprint density at radius 1 is 1.08 bits per heavy atom. The minimum Gasteiger partial charge on any atom is -0.365 e. The molecule has 2 N–H and O–H groups in total. The predicted molar refractivity (Wildman–Crippen MR) is 104 cm³/mol. The Morgan fingerprint density at radius 2 is 1.50 bits per heavy atom. The van der Waals surface area contributed by atoms with Crippen molar-refractivity contribution in [2.45, 2.75) is 27.7 Å². The molecule has 10 heteroatoms. The highest BCUT2D eigenvalue weighted by atomic mass is 31.2. The molecule has 0 saturated carbocycles. The third kappa shape index (κ3) is 49.7. The molecule has 0 fully saturated rings. The maximum Gasteiger partial charge on any atom is 0.152 e. The molecule has 0 aromatic carbocycles. The molecular weight excluding hydrogens is 348 g/mol. The van der Waals surface area contributed by atoms with Crippen LogP contribution in [0.25, 0.3) is 0 Å². The summed E-state index contributed by atoms with van der Waals surface area (Å²) in [6.45, 7) is 16.5. The zero-order valence-electron chi connectivity index (χ0n) is 16.3. The fraction of sp³-hybridized carbons (Fsp3) is 0.714. The Bertz CT molecular complexity index is 505. The molecule has 142 valence electrons. The highest BCUT2D eigenvalue weighted by Crippen LogP contribution is 2.28. The van der Waals surface area contributed by atoms with E-state index in [1.54, 1.807) is 32.3 Å². The molecule has 2 rings (SSSR count). The van der Waals surface area contributed by atoms with Gasteiger partial charge in [-0.3, -0.25) is 5.50 Å². The third-order valence-corrected chi connectivity index (χ3v) is 1.15. The molecule has 24 heavy (non-hydrogen) atoms. The average molecular weight is 381 g/mol. The molecule has 0 radical (unpaired) electrons. The zero-order valence-corrected chi connectivity index (χ0v) is 18.1. The molecule has 0 bridgehead atoms. The standard InChI is InChI=1S/C4H5NO.C3H5N3.C3H9OP.C2H8NOP.C2H6/c1-4-2-3-6-5-4;1-3-4-2-5-6-3;2*1-5(2,3)4;1-2/h2-3H,1H3;2H2,1H3;1-3H3;1-2H3,(H2,3,4);1-2H3. The lowest BCUT2D eigenvalue weighted by molar-refractivity contribution is 0.415. The summed E-state index contributed by atoms with van der Waals surface area (Å²) in [6, 6.07) is 1.81. The molecule has 1 aliphatic heterocycles. The summed E-state index contributed by atoms with van der Waals surface area (Å²) in [5.41, 5.74) is 5.84. The first kappa shape index (κ1) is 27.7. The van der Waals surface area contributed by atoms with Crippen LogP contribution in [0.3, 0.4) is 0 Å². The number of hydrogen-bond donors (Lipinski definition) is 1. The number of aryl methyl sites for hydroxylation is 1. The summed E-state index contributed by atoms with van der Waals surface area (Å²) >= 11 is 0. The molecule has 0 saturated heterocycles. The number of aliphatic imine (C=N–C) groups is 1. The van der Waals surface area contributed by atoms with Crippen LogP contribution < -0.4 is 5.50 Å². The van der Waals surface area contributed by atoms with Gasteiger partial charge in [0, 0.05) is 19.4 Å². The maximum absolute atomic E-state index is 10.2. The second-order valence-electron chi connectivity index (χ2n) is 5.55. The Balaban J connectivity index is -0.000000238. The Labute approximate surface area is 146 Å². The fourth-order valence-corrected chi connectivity index (χ4v) is 0.572. The van der Waals surface area contributed by atoms with Crippen molar-refractivity contribution in [1.82, 2.24) is 5.16 Å². The van der Waals surface area contributed by atoms with Gasteiger partial charge in [0.05, 0.1) is 12.8 Å². The second-order valence-corrected chi connectivity index (χ2v) is 12.2. The van der Waals surface area contributed by atoms with E-state index in [2.05, 4.69) is 24.9 Å². The van der Waals surface area contributed by atoms with Crippen LogP contribution >= 0.6 is 14.4 Å². The van der Waals surface area contributed by atoms with E-state index in [9.17, 15) is 9.13 Å². The molecule has 0 aliphatic carbocycles. The third-order valence-electron chi connectivity index (χ3n) is 1.15. The van der Waals surface area contributed by atoms with Crippen LogP contribution in [0.2, 0.25) is 0 Å². The van der Waals surface area contributed by atoms with Gasteiger partial charge in [-0.2, -0.15) is 5.11 Å². The SMILES string of the molecule is CC.CC1=NCN=N1.CP(C)(C)=O.CP(C)(N)=O.Cc1ccon1. The van der Waals surface area contributed by atoms with Crippen LogP contribution in [-0.4, -0.2) is 51.0 Å². The van der Waals surface area contributed by atoms with Gasteiger partial charge < -0.3 is 13.7 Å². The van der Waals surface area contributed by atoms with E-state index in [1.165, 1.54) is 13.3 Å². The summed E-state index contributed by atoms with van der Waals surface area (Å²) < 4.78 is 24.7. The van der Waals surface area contributed by atoms with Crippen LogP contribution in [0.15, 0.2) is 32.1 Å². The summed E-state index contributed by atoms with van der Waals surface area (Å²) in [6.07, 6.45) is 1.55. The summed E-state index contributed by atoms with van der Waals surface area (Å²) in [5, 5.41) is 10.7. The van der Waals surface area contributed by atoms with Crippen molar-refractivity contribution in [2.24, 2.45) is 20.7 Å². The topological polar surface area (TPSA) is 123 Å². The van der Waals surface area contributed by atoms with Gasteiger partial charge in [-0.1, -0.05) is 19.0 Å². The average Bonchev–Trinajstić information content (AvgIpc) is 3.02. The van der Waals surface area contributed by atoms with Gasteiger partial charge in [0.2, 0.25) is 0 Å². The number of aromatic nitrogens is 1. The molecule has 8 nitrogen and oxygen atoms in total. The molecule has 0 unspecified atom stereocenters. The van der Waals surface area contributed by atoms with Crippen molar-refractivity contribution in [1.29, 1.82) is 0 Å². The van der Waals surface area contributed by atoms with E-state index in [4.69, 9.17) is 5.50 Å². The largest absolute Gasteiger partial charge is 0.365 e. The molecular formula is C14H33N5O3P2. The van der Waals surface area contributed by atoms with Gasteiger partial charge in [-0.15, -0.1) is 5.11 Å². The van der Waals surface area contributed by atoms with Gasteiger partial charge in [0.1, 0.15) is 19.4 Å². The number of hydrogen-bond acceptors (Lipinski definition) is 7. The first-order valence-electron chi connectivity index (χ1n) is 7.40. The number of nitrogens with two attached hydrogens (primary N) is 1. The predicted octanol–water partition coefficient (Wildman–Crippen LogP) is 4.56. The first-order chi connectivity index (χ1) is 10.8. The number of amidine groups is 1. The molecule has 0 amide bonds. The highest BCUT2D eigenvalue weighted by molar-refractivity contribution is 7.61. The van der Waals surface area contributed by atoms with Gasteiger partial charge in [-0.05, 0) is 33.8 Å². The van der Waals surface area contributed by atoms with E-state index < -0.39 is 14.4 Å². The number of rotatable bonds is 0. The van der Waals surface area contributed by atoms with E-state index in [0.29, 0.717) is 6.67 Å². The fourth-order valence-electron chi connectivity index (χ4n) is 0.572. The molecule has 0 atom stereocenters. The van der Waals surface area contributed by atoms with Crippen molar-refractivity contribution in [2.75, 3.05) is 40.0 Å². The van der Waals surface area contributed by atoms with E-state index >= 15 is 0 Å². The van der Waals surface area contributed by atoms with Gasteiger partial charge in [0.15, 0.2) is 6.67 Å². The molecule has 1 aromatic heterocycles. The summed E-state index contributed by atoms with van der Waals surface area (Å²) in [5.74, 6) is 0.787. The lowest BCUT2D eigenvalue weighted by Gasteiger charge is -1.87. The lowest BCUT2D eigenvalue weighted by Crippen LogP contribution is -1.85.